The summed E-state index contributed by atoms with van der Waals surface area (Å²) in [6.07, 6.45) is 5.73. The highest BCUT2D eigenvalue weighted by atomic mass is 16.3. The van der Waals surface area contributed by atoms with Crippen molar-refractivity contribution in [1.82, 2.24) is 25.7 Å². The first-order chi connectivity index (χ1) is 12.7. The van der Waals surface area contributed by atoms with E-state index < -0.39 is 0 Å². The quantitative estimate of drug-likeness (QED) is 0.670. The van der Waals surface area contributed by atoms with Crippen molar-refractivity contribution in [2.75, 3.05) is 25.0 Å². The molecule has 3 heterocycles. The number of aromatic nitrogens is 4. The Morgan fingerprint density at radius 1 is 1.08 bits per heavy atom. The topological polar surface area (TPSA) is 90.0 Å². The van der Waals surface area contributed by atoms with E-state index in [1.165, 1.54) is 0 Å². The standard InChI is InChI=1S/C19H22N6O/c1-25(15-6-8-20-9-7-15)19-5-4-17(23-24-19)16-3-2-13(10-18(16)26)14-11-21-22-12-14/h2-5,10-12,15,20,26H,6-9H2,1H3,(H,21,22). The molecule has 1 aliphatic heterocycles. The molecule has 0 amide bonds. The highest BCUT2D eigenvalue weighted by Crippen LogP contribution is 2.32. The molecule has 0 spiro atoms. The van der Waals surface area contributed by atoms with Crippen LogP contribution in [0.2, 0.25) is 0 Å². The lowest BCUT2D eigenvalue weighted by atomic mass is 10.0. The molecule has 1 fully saturated rings. The predicted molar refractivity (Wildman–Crippen MR) is 101 cm³/mol. The highest BCUT2D eigenvalue weighted by molar-refractivity contribution is 5.73. The summed E-state index contributed by atoms with van der Waals surface area (Å²) in [5.41, 5.74) is 3.15. The molecule has 7 heteroatoms. The van der Waals surface area contributed by atoms with Crippen LogP contribution >= 0.6 is 0 Å². The van der Waals surface area contributed by atoms with Crippen LogP contribution in [0.15, 0.2) is 42.7 Å². The van der Waals surface area contributed by atoms with Crippen molar-refractivity contribution >= 4 is 5.82 Å². The largest absolute Gasteiger partial charge is 0.507 e. The third-order valence-electron chi connectivity index (χ3n) is 4.97. The van der Waals surface area contributed by atoms with E-state index in [1.54, 1.807) is 18.5 Å². The number of phenols is 1. The van der Waals surface area contributed by atoms with Crippen molar-refractivity contribution in [2.45, 2.75) is 18.9 Å². The smallest absolute Gasteiger partial charge is 0.151 e. The van der Waals surface area contributed by atoms with Gasteiger partial charge in [-0.15, -0.1) is 10.2 Å². The van der Waals surface area contributed by atoms with E-state index in [0.717, 1.165) is 42.9 Å². The van der Waals surface area contributed by atoms with Crippen LogP contribution in [0, 0.1) is 0 Å². The molecule has 0 saturated carbocycles. The van der Waals surface area contributed by atoms with Gasteiger partial charge in [-0.05, 0) is 55.8 Å². The molecule has 0 radical (unpaired) electrons. The monoisotopic (exact) mass is 350 g/mol. The molecule has 1 aromatic carbocycles. The number of rotatable bonds is 4. The number of nitrogens with zero attached hydrogens (tertiary/aromatic N) is 4. The van der Waals surface area contributed by atoms with Crippen molar-refractivity contribution in [3.63, 3.8) is 0 Å². The number of H-pyrrole nitrogens is 1. The second-order valence-electron chi connectivity index (χ2n) is 6.59. The van der Waals surface area contributed by atoms with Crippen LogP contribution in [-0.4, -0.2) is 51.7 Å². The molecule has 0 unspecified atom stereocenters. The summed E-state index contributed by atoms with van der Waals surface area (Å²) in [5.74, 6) is 1.03. The lowest BCUT2D eigenvalue weighted by Gasteiger charge is -2.32. The SMILES string of the molecule is CN(c1ccc(-c2ccc(-c3cn[nH]c3)cc2O)nn1)C1CCNCC1. The maximum Gasteiger partial charge on any atom is 0.151 e. The van der Waals surface area contributed by atoms with E-state index in [9.17, 15) is 5.11 Å². The average Bonchev–Trinajstić information content (AvgIpc) is 3.23. The summed E-state index contributed by atoms with van der Waals surface area (Å²) in [7, 11) is 2.07. The second-order valence-corrected chi connectivity index (χ2v) is 6.59. The number of phenolic OH excluding ortho intramolecular Hbond substituents is 1. The molecule has 3 aromatic rings. The Bertz CT molecular complexity index is 856. The van der Waals surface area contributed by atoms with Crippen LogP contribution in [-0.2, 0) is 0 Å². The van der Waals surface area contributed by atoms with Crippen LogP contribution in [0.1, 0.15) is 12.8 Å². The van der Waals surface area contributed by atoms with Crippen LogP contribution in [0.5, 0.6) is 5.75 Å². The van der Waals surface area contributed by atoms with Crippen LogP contribution in [0.4, 0.5) is 5.82 Å². The maximum atomic E-state index is 10.4. The van der Waals surface area contributed by atoms with Gasteiger partial charge in [0.05, 0.1) is 11.9 Å². The molecule has 7 nitrogen and oxygen atoms in total. The third kappa shape index (κ3) is 3.25. The van der Waals surface area contributed by atoms with Crippen LogP contribution in [0.25, 0.3) is 22.4 Å². The fourth-order valence-corrected chi connectivity index (χ4v) is 3.37. The molecule has 1 saturated heterocycles. The average molecular weight is 350 g/mol. The Morgan fingerprint density at radius 3 is 2.58 bits per heavy atom. The number of hydrogen-bond acceptors (Lipinski definition) is 6. The van der Waals surface area contributed by atoms with Crippen molar-refractivity contribution in [3.8, 4) is 28.1 Å². The van der Waals surface area contributed by atoms with Gasteiger partial charge in [0, 0.05) is 30.4 Å². The number of nitrogens with one attached hydrogen (secondary N) is 2. The van der Waals surface area contributed by atoms with E-state index in [1.807, 2.05) is 24.3 Å². The van der Waals surface area contributed by atoms with Crippen LogP contribution < -0.4 is 10.2 Å². The first-order valence-electron chi connectivity index (χ1n) is 8.82. The van der Waals surface area contributed by atoms with Gasteiger partial charge in [0.2, 0.25) is 0 Å². The van der Waals surface area contributed by atoms with Crippen molar-refractivity contribution < 1.29 is 5.11 Å². The highest BCUT2D eigenvalue weighted by Gasteiger charge is 2.19. The molecular weight excluding hydrogens is 328 g/mol. The molecule has 26 heavy (non-hydrogen) atoms. The van der Waals surface area contributed by atoms with E-state index in [0.29, 0.717) is 17.3 Å². The Balaban J connectivity index is 1.55. The Morgan fingerprint density at radius 2 is 1.92 bits per heavy atom. The van der Waals surface area contributed by atoms with Gasteiger partial charge in [0.25, 0.3) is 0 Å². The van der Waals surface area contributed by atoms with E-state index >= 15 is 0 Å². The second kappa shape index (κ2) is 7.13. The summed E-state index contributed by atoms with van der Waals surface area (Å²) >= 11 is 0. The zero-order valence-corrected chi connectivity index (χ0v) is 14.7. The lowest BCUT2D eigenvalue weighted by Crippen LogP contribution is -2.41. The summed E-state index contributed by atoms with van der Waals surface area (Å²) in [4.78, 5) is 2.19. The lowest BCUT2D eigenvalue weighted by molar-refractivity contribution is 0.441. The number of piperidine rings is 1. The molecule has 4 rings (SSSR count). The number of benzene rings is 1. The van der Waals surface area contributed by atoms with Gasteiger partial charge in [-0.1, -0.05) is 6.07 Å². The molecule has 0 atom stereocenters. The first-order valence-corrected chi connectivity index (χ1v) is 8.82. The Labute approximate surface area is 152 Å². The van der Waals surface area contributed by atoms with Crippen molar-refractivity contribution in [2.24, 2.45) is 0 Å². The van der Waals surface area contributed by atoms with E-state index in [2.05, 4.69) is 37.7 Å². The van der Waals surface area contributed by atoms with Gasteiger partial charge in [0.1, 0.15) is 5.75 Å². The zero-order valence-electron chi connectivity index (χ0n) is 14.7. The normalized spacial score (nSPS) is 15.1. The molecule has 3 N–H and O–H groups in total. The Hall–Kier alpha value is -2.93. The van der Waals surface area contributed by atoms with Gasteiger partial charge in [0.15, 0.2) is 5.82 Å². The molecule has 2 aromatic heterocycles. The van der Waals surface area contributed by atoms with E-state index in [-0.39, 0.29) is 5.75 Å². The summed E-state index contributed by atoms with van der Waals surface area (Å²) in [5, 5.41) is 29.2. The van der Waals surface area contributed by atoms with E-state index in [4.69, 9.17) is 0 Å². The predicted octanol–water partition coefficient (Wildman–Crippen LogP) is 2.43. The summed E-state index contributed by atoms with van der Waals surface area (Å²) < 4.78 is 0. The maximum absolute atomic E-state index is 10.4. The molecule has 0 bridgehead atoms. The molecular formula is C19H22N6O. The molecule has 0 aliphatic carbocycles. The third-order valence-corrected chi connectivity index (χ3v) is 4.97. The van der Waals surface area contributed by atoms with Crippen molar-refractivity contribution in [1.29, 1.82) is 0 Å². The van der Waals surface area contributed by atoms with Gasteiger partial charge in [-0.3, -0.25) is 5.10 Å². The number of aromatic hydroxyl groups is 1. The van der Waals surface area contributed by atoms with Gasteiger partial charge in [-0.2, -0.15) is 5.10 Å². The molecule has 1 aliphatic rings. The minimum atomic E-state index is 0.178. The van der Waals surface area contributed by atoms with Gasteiger partial charge >= 0.3 is 0 Å². The molecule has 134 valence electrons. The minimum absolute atomic E-state index is 0.178. The summed E-state index contributed by atoms with van der Waals surface area (Å²) in [6, 6.07) is 9.88. The number of anilines is 1. The summed E-state index contributed by atoms with van der Waals surface area (Å²) in [6.45, 7) is 2.08. The fraction of sp³-hybridized carbons (Fsp3) is 0.316. The number of aromatic amines is 1. The van der Waals surface area contributed by atoms with Gasteiger partial charge < -0.3 is 15.3 Å². The van der Waals surface area contributed by atoms with Crippen molar-refractivity contribution in [3.05, 3.63) is 42.7 Å². The minimum Gasteiger partial charge on any atom is -0.507 e. The first kappa shape index (κ1) is 16.5. The van der Waals surface area contributed by atoms with Crippen LogP contribution in [0.3, 0.4) is 0 Å². The van der Waals surface area contributed by atoms with Gasteiger partial charge in [-0.25, -0.2) is 0 Å². The number of hydrogen-bond donors (Lipinski definition) is 3. The Kier molecular flexibility index (Phi) is 4.53. The zero-order chi connectivity index (χ0) is 17.9. The fourth-order valence-electron chi connectivity index (χ4n) is 3.37.